The first-order valence-electron chi connectivity index (χ1n) is 5.36. The molecule has 1 amide bonds. The lowest BCUT2D eigenvalue weighted by Gasteiger charge is -2.17. The van der Waals surface area contributed by atoms with E-state index in [1.54, 1.807) is 13.1 Å². The van der Waals surface area contributed by atoms with E-state index >= 15 is 0 Å². The van der Waals surface area contributed by atoms with Gasteiger partial charge in [-0.15, -0.1) is 0 Å². The third-order valence-corrected chi connectivity index (χ3v) is 2.68. The van der Waals surface area contributed by atoms with Crippen LogP contribution in [0.4, 0.5) is 0 Å². The minimum atomic E-state index is -0.286. The summed E-state index contributed by atoms with van der Waals surface area (Å²) in [5, 5.41) is 9.74. The van der Waals surface area contributed by atoms with Crippen LogP contribution in [0.1, 0.15) is 16.8 Å². The Hall–Kier alpha value is -1.82. The van der Waals surface area contributed by atoms with Crippen molar-refractivity contribution in [3.05, 3.63) is 23.8 Å². The number of hydrogen-bond acceptors (Lipinski definition) is 4. The van der Waals surface area contributed by atoms with E-state index in [2.05, 4.69) is 0 Å². The number of methoxy groups -OCH3 is 1. The molecule has 18 heavy (non-hydrogen) atoms. The predicted molar refractivity (Wildman–Crippen MR) is 73.0 cm³/mol. The molecule has 0 fully saturated rings. The lowest BCUT2D eigenvalue weighted by molar-refractivity contribution is 0.0796. The van der Waals surface area contributed by atoms with Gasteiger partial charge in [-0.05, 0) is 12.1 Å². The van der Waals surface area contributed by atoms with E-state index in [1.807, 2.05) is 0 Å². The van der Waals surface area contributed by atoms with Crippen LogP contribution in [-0.4, -0.2) is 41.6 Å². The summed E-state index contributed by atoms with van der Waals surface area (Å²) in [6.07, 6.45) is 0.453. The number of amides is 1. The molecular weight excluding hydrogens is 252 g/mol. The molecule has 0 aliphatic rings. The molecule has 0 unspecified atom stereocenters. The lowest BCUT2D eigenvalue weighted by atomic mass is 10.1. The van der Waals surface area contributed by atoms with Gasteiger partial charge in [0.2, 0.25) is 0 Å². The number of aromatic hydroxyl groups is 1. The SMILES string of the molecule is COc1ccc(C(=O)N(C)CCC(N)=S)c(O)c1. The zero-order chi connectivity index (χ0) is 13.7. The van der Waals surface area contributed by atoms with Gasteiger partial charge in [-0.1, -0.05) is 12.2 Å². The van der Waals surface area contributed by atoms with Crippen molar-refractivity contribution in [1.82, 2.24) is 4.90 Å². The van der Waals surface area contributed by atoms with E-state index in [0.29, 0.717) is 23.7 Å². The van der Waals surface area contributed by atoms with E-state index in [-0.39, 0.29) is 17.2 Å². The van der Waals surface area contributed by atoms with Crippen molar-refractivity contribution in [2.24, 2.45) is 5.73 Å². The number of carbonyl (C=O) groups is 1. The van der Waals surface area contributed by atoms with Crippen LogP contribution in [-0.2, 0) is 0 Å². The lowest BCUT2D eigenvalue weighted by Crippen LogP contribution is -2.30. The zero-order valence-electron chi connectivity index (χ0n) is 10.3. The largest absolute Gasteiger partial charge is 0.507 e. The Balaban J connectivity index is 2.80. The van der Waals surface area contributed by atoms with Crippen LogP contribution in [0.25, 0.3) is 0 Å². The maximum absolute atomic E-state index is 12.0. The molecule has 0 saturated carbocycles. The molecule has 0 spiro atoms. The fourth-order valence-electron chi connectivity index (χ4n) is 1.40. The van der Waals surface area contributed by atoms with Gasteiger partial charge in [-0.2, -0.15) is 0 Å². The summed E-state index contributed by atoms with van der Waals surface area (Å²) in [6, 6.07) is 4.54. The molecule has 0 atom stereocenters. The van der Waals surface area contributed by atoms with Gasteiger partial charge in [-0.3, -0.25) is 4.79 Å². The Morgan fingerprint density at radius 2 is 2.22 bits per heavy atom. The van der Waals surface area contributed by atoms with Gasteiger partial charge in [0.05, 0.1) is 17.7 Å². The number of carbonyl (C=O) groups excluding carboxylic acids is 1. The third kappa shape index (κ3) is 3.59. The second-order valence-electron chi connectivity index (χ2n) is 3.83. The Labute approximate surface area is 111 Å². The highest BCUT2D eigenvalue weighted by atomic mass is 32.1. The second-order valence-corrected chi connectivity index (χ2v) is 4.35. The van der Waals surface area contributed by atoms with Crippen molar-refractivity contribution in [3.63, 3.8) is 0 Å². The number of ether oxygens (including phenoxy) is 1. The van der Waals surface area contributed by atoms with Gasteiger partial charge in [0.15, 0.2) is 0 Å². The zero-order valence-corrected chi connectivity index (χ0v) is 11.2. The first kappa shape index (κ1) is 14.2. The monoisotopic (exact) mass is 268 g/mol. The Morgan fingerprint density at radius 3 is 2.72 bits per heavy atom. The van der Waals surface area contributed by atoms with Crippen molar-refractivity contribution < 1.29 is 14.6 Å². The Morgan fingerprint density at radius 1 is 1.56 bits per heavy atom. The molecule has 1 aromatic rings. The standard InChI is InChI=1S/C12H16N2O3S/c1-14(6-5-11(13)18)12(16)9-4-3-8(17-2)7-10(9)15/h3-4,7,15H,5-6H2,1-2H3,(H2,13,18). The van der Waals surface area contributed by atoms with E-state index < -0.39 is 0 Å². The van der Waals surface area contributed by atoms with Gasteiger partial charge in [0, 0.05) is 26.1 Å². The van der Waals surface area contributed by atoms with E-state index in [1.165, 1.54) is 24.1 Å². The summed E-state index contributed by atoms with van der Waals surface area (Å²) < 4.78 is 4.95. The predicted octanol–water partition coefficient (Wildman–Crippen LogP) is 1.15. The smallest absolute Gasteiger partial charge is 0.257 e. The fraction of sp³-hybridized carbons (Fsp3) is 0.333. The van der Waals surface area contributed by atoms with Gasteiger partial charge < -0.3 is 20.5 Å². The summed E-state index contributed by atoms with van der Waals surface area (Å²) in [7, 11) is 3.12. The second kappa shape index (κ2) is 6.20. The highest BCUT2D eigenvalue weighted by Crippen LogP contribution is 2.24. The normalized spacial score (nSPS) is 9.89. The molecule has 0 bridgehead atoms. The van der Waals surface area contributed by atoms with Crippen molar-refractivity contribution in [3.8, 4) is 11.5 Å². The maximum Gasteiger partial charge on any atom is 0.257 e. The highest BCUT2D eigenvalue weighted by molar-refractivity contribution is 7.80. The molecule has 1 aromatic carbocycles. The summed E-state index contributed by atoms with van der Waals surface area (Å²) >= 11 is 4.75. The fourth-order valence-corrected chi connectivity index (χ4v) is 1.50. The molecule has 0 aromatic heterocycles. The number of phenols is 1. The molecular formula is C12H16N2O3S. The number of thiocarbonyl (C=S) groups is 1. The molecule has 0 heterocycles. The van der Waals surface area contributed by atoms with Gasteiger partial charge in [0.25, 0.3) is 5.91 Å². The number of rotatable bonds is 5. The minimum Gasteiger partial charge on any atom is -0.507 e. The minimum absolute atomic E-state index is 0.110. The molecule has 0 radical (unpaired) electrons. The molecule has 6 heteroatoms. The first-order valence-corrected chi connectivity index (χ1v) is 5.77. The summed E-state index contributed by atoms with van der Waals surface area (Å²) in [5.41, 5.74) is 5.60. The van der Waals surface area contributed by atoms with Crippen molar-refractivity contribution in [2.75, 3.05) is 20.7 Å². The molecule has 98 valence electrons. The summed E-state index contributed by atoms with van der Waals surface area (Å²) in [5.74, 6) is 0.0998. The number of nitrogens with zero attached hydrogens (tertiary/aromatic N) is 1. The van der Waals surface area contributed by atoms with E-state index in [4.69, 9.17) is 22.7 Å². The number of hydrogen-bond donors (Lipinski definition) is 2. The number of nitrogens with two attached hydrogens (primary N) is 1. The van der Waals surface area contributed by atoms with Crippen molar-refractivity contribution in [2.45, 2.75) is 6.42 Å². The third-order valence-electron chi connectivity index (χ3n) is 2.48. The van der Waals surface area contributed by atoms with Crippen LogP contribution < -0.4 is 10.5 Å². The molecule has 0 saturated heterocycles. The van der Waals surface area contributed by atoms with Crippen LogP contribution in [0.3, 0.4) is 0 Å². The Kier molecular flexibility index (Phi) is 4.91. The average molecular weight is 268 g/mol. The number of benzene rings is 1. The van der Waals surface area contributed by atoms with Crippen LogP contribution in [0.15, 0.2) is 18.2 Å². The summed E-state index contributed by atoms with van der Waals surface area (Å²) in [6.45, 7) is 0.416. The molecule has 0 aliphatic carbocycles. The van der Waals surface area contributed by atoms with Crippen molar-refractivity contribution >= 4 is 23.1 Å². The average Bonchev–Trinajstić information content (AvgIpc) is 2.34. The van der Waals surface area contributed by atoms with E-state index in [0.717, 1.165) is 0 Å². The van der Waals surface area contributed by atoms with Crippen LogP contribution in [0, 0.1) is 0 Å². The highest BCUT2D eigenvalue weighted by Gasteiger charge is 2.16. The van der Waals surface area contributed by atoms with Crippen LogP contribution in [0.5, 0.6) is 11.5 Å². The number of phenolic OH excluding ortho intramolecular Hbond substituents is 1. The topological polar surface area (TPSA) is 75.8 Å². The quantitative estimate of drug-likeness (QED) is 0.783. The first-order chi connectivity index (χ1) is 8.45. The molecule has 3 N–H and O–H groups in total. The van der Waals surface area contributed by atoms with Gasteiger partial charge in [0.1, 0.15) is 11.5 Å². The van der Waals surface area contributed by atoms with Crippen LogP contribution >= 0.6 is 12.2 Å². The van der Waals surface area contributed by atoms with Crippen molar-refractivity contribution in [1.29, 1.82) is 0 Å². The van der Waals surface area contributed by atoms with Gasteiger partial charge in [-0.25, -0.2) is 0 Å². The molecule has 1 rings (SSSR count). The molecule has 0 aliphatic heterocycles. The van der Waals surface area contributed by atoms with Crippen LogP contribution in [0.2, 0.25) is 0 Å². The molecule has 5 nitrogen and oxygen atoms in total. The Bertz CT molecular complexity index is 463. The summed E-state index contributed by atoms with van der Waals surface area (Å²) in [4.78, 5) is 13.8. The maximum atomic E-state index is 12.0. The van der Waals surface area contributed by atoms with Gasteiger partial charge >= 0.3 is 0 Å². The van der Waals surface area contributed by atoms with E-state index in [9.17, 15) is 9.90 Å².